The number of Topliss-reactive ketones (excluding diaryl/α,β-unsaturated/α-hetero) is 1. The van der Waals surface area contributed by atoms with Crippen LogP contribution in [-0.4, -0.2) is 18.9 Å². The summed E-state index contributed by atoms with van der Waals surface area (Å²) in [5, 5.41) is 0. The van der Waals surface area contributed by atoms with Gasteiger partial charge in [-0.15, -0.1) is 0 Å². The quantitative estimate of drug-likeness (QED) is 0.637. The highest BCUT2D eigenvalue weighted by Gasteiger charge is 2.70. The first-order valence-corrected chi connectivity index (χ1v) is 6.33. The van der Waals surface area contributed by atoms with E-state index in [0.29, 0.717) is 24.0 Å². The molecule has 3 fully saturated rings. The van der Waals surface area contributed by atoms with Crippen molar-refractivity contribution in [2.75, 3.05) is 7.11 Å². The second kappa shape index (κ2) is 3.31. The van der Waals surface area contributed by atoms with Crippen molar-refractivity contribution in [1.82, 2.24) is 0 Å². The lowest BCUT2D eigenvalue weighted by atomic mass is 9.43. The summed E-state index contributed by atoms with van der Waals surface area (Å²) >= 11 is 0. The zero-order valence-corrected chi connectivity index (χ0v) is 9.70. The molecule has 0 radical (unpaired) electrons. The number of hydrogen-bond acceptors (Lipinski definition) is 3. The lowest BCUT2D eigenvalue weighted by molar-refractivity contribution is -0.195. The van der Waals surface area contributed by atoms with Crippen molar-refractivity contribution < 1.29 is 14.3 Å². The van der Waals surface area contributed by atoms with E-state index in [0.717, 1.165) is 25.7 Å². The van der Waals surface area contributed by atoms with Gasteiger partial charge in [0.15, 0.2) is 0 Å². The van der Waals surface area contributed by atoms with E-state index in [1.807, 2.05) is 0 Å². The lowest BCUT2D eigenvalue weighted by Crippen LogP contribution is -2.63. The van der Waals surface area contributed by atoms with Gasteiger partial charge in [0, 0.05) is 12.3 Å². The van der Waals surface area contributed by atoms with Crippen LogP contribution >= 0.6 is 0 Å². The molecule has 16 heavy (non-hydrogen) atoms. The van der Waals surface area contributed by atoms with E-state index in [9.17, 15) is 9.59 Å². The molecule has 0 bridgehead atoms. The van der Waals surface area contributed by atoms with Gasteiger partial charge in [-0.1, -0.05) is 6.42 Å². The van der Waals surface area contributed by atoms with E-state index in [1.165, 1.54) is 13.5 Å². The Bertz CT molecular complexity index is 349. The molecule has 0 saturated heterocycles. The molecular formula is C13H18O3. The predicted molar refractivity (Wildman–Crippen MR) is 57.6 cm³/mol. The van der Waals surface area contributed by atoms with Gasteiger partial charge in [-0.2, -0.15) is 0 Å². The predicted octanol–water partition coefficient (Wildman–Crippen LogP) is 1.94. The number of esters is 1. The third kappa shape index (κ3) is 0.994. The van der Waals surface area contributed by atoms with Crippen molar-refractivity contribution in [3.8, 4) is 0 Å². The standard InChI is InChI=1S/C13H18O3/c1-16-12(15)13-7-3-6-10(14)11(13)8-4-2-5-9(8)13/h8-9,11H,2-7H2,1H3. The van der Waals surface area contributed by atoms with Gasteiger partial charge < -0.3 is 4.74 Å². The summed E-state index contributed by atoms with van der Waals surface area (Å²) in [6.07, 6.45) is 5.85. The maximum atomic E-state index is 12.1. The maximum Gasteiger partial charge on any atom is 0.312 e. The highest BCUT2D eigenvalue weighted by molar-refractivity contribution is 5.93. The van der Waals surface area contributed by atoms with Crippen molar-refractivity contribution in [2.45, 2.75) is 38.5 Å². The van der Waals surface area contributed by atoms with E-state index >= 15 is 0 Å². The highest BCUT2D eigenvalue weighted by atomic mass is 16.5. The Morgan fingerprint density at radius 2 is 2.19 bits per heavy atom. The fraction of sp³-hybridized carbons (Fsp3) is 0.846. The summed E-state index contributed by atoms with van der Waals surface area (Å²) < 4.78 is 4.98. The number of rotatable bonds is 1. The third-order valence-electron chi connectivity index (χ3n) is 5.14. The van der Waals surface area contributed by atoms with E-state index < -0.39 is 5.41 Å². The first kappa shape index (κ1) is 10.3. The number of ether oxygens (including phenoxy) is 1. The Hall–Kier alpha value is -0.860. The van der Waals surface area contributed by atoms with Gasteiger partial charge in [-0.3, -0.25) is 9.59 Å². The van der Waals surface area contributed by atoms with E-state index in [4.69, 9.17) is 4.74 Å². The highest BCUT2D eigenvalue weighted by Crippen LogP contribution is 2.67. The molecule has 4 atom stereocenters. The van der Waals surface area contributed by atoms with Crippen LogP contribution in [0.2, 0.25) is 0 Å². The molecule has 3 aliphatic carbocycles. The Morgan fingerprint density at radius 3 is 2.94 bits per heavy atom. The molecule has 88 valence electrons. The number of ketones is 1. The lowest BCUT2D eigenvalue weighted by Gasteiger charge is -2.58. The first-order chi connectivity index (χ1) is 7.71. The Morgan fingerprint density at radius 1 is 1.38 bits per heavy atom. The number of methoxy groups -OCH3 is 1. The van der Waals surface area contributed by atoms with Gasteiger partial charge >= 0.3 is 5.97 Å². The topological polar surface area (TPSA) is 43.4 Å². The molecule has 3 rings (SSSR count). The summed E-state index contributed by atoms with van der Waals surface area (Å²) in [7, 11) is 1.45. The molecule has 0 aromatic heterocycles. The van der Waals surface area contributed by atoms with Crippen LogP contribution in [0.1, 0.15) is 38.5 Å². The van der Waals surface area contributed by atoms with E-state index in [-0.39, 0.29) is 11.9 Å². The van der Waals surface area contributed by atoms with Crippen LogP contribution in [0, 0.1) is 23.2 Å². The molecule has 3 heteroatoms. The molecule has 3 aliphatic rings. The Balaban J connectivity index is 1.98. The number of carbonyl (C=O) groups excluding carboxylic acids is 2. The molecule has 0 aromatic carbocycles. The first-order valence-electron chi connectivity index (χ1n) is 6.33. The van der Waals surface area contributed by atoms with Crippen LogP contribution in [0.4, 0.5) is 0 Å². The molecule has 0 N–H and O–H groups in total. The Kier molecular flexibility index (Phi) is 2.13. The molecule has 4 unspecified atom stereocenters. The van der Waals surface area contributed by atoms with E-state index in [2.05, 4.69) is 0 Å². The fourth-order valence-electron chi connectivity index (χ4n) is 4.67. The van der Waals surface area contributed by atoms with Crippen LogP contribution in [0.3, 0.4) is 0 Å². The van der Waals surface area contributed by atoms with Gasteiger partial charge in [0.25, 0.3) is 0 Å². The van der Waals surface area contributed by atoms with Crippen molar-refractivity contribution in [2.24, 2.45) is 23.2 Å². The summed E-state index contributed by atoms with van der Waals surface area (Å²) in [6.45, 7) is 0. The van der Waals surface area contributed by atoms with Crippen LogP contribution in [0.5, 0.6) is 0 Å². The monoisotopic (exact) mass is 222 g/mol. The molecule has 0 aromatic rings. The van der Waals surface area contributed by atoms with Crippen LogP contribution < -0.4 is 0 Å². The molecule has 0 aliphatic heterocycles. The number of carbonyl (C=O) groups is 2. The van der Waals surface area contributed by atoms with Gasteiger partial charge in [0.05, 0.1) is 12.5 Å². The van der Waals surface area contributed by atoms with Gasteiger partial charge in [-0.25, -0.2) is 0 Å². The number of fused-ring (bicyclic) bond motifs is 4. The molecular weight excluding hydrogens is 204 g/mol. The van der Waals surface area contributed by atoms with Crippen molar-refractivity contribution in [1.29, 1.82) is 0 Å². The number of hydrogen-bond donors (Lipinski definition) is 0. The minimum absolute atomic E-state index is 0.00111. The minimum atomic E-state index is -0.411. The van der Waals surface area contributed by atoms with Crippen LogP contribution in [0.25, 0.3) is 0 Å². The minimum Gasteiger partial charge on any atom is -0.469 e. The SMILES string of the molecule is COC(=O)C12CCCC(=O)C1C1CCCC12. The van der Waals surface area contributed by atoms with E-state index in [1.54, 1.807) is 0 Å². The summed E-state index contributed by atoms with van der Waals surface area (Å²) in [5.74, 6) is 1.13. The molecule has 0 heterocycles. The average Bonchev–Trinajstić information content (AvgIpc) is 2.68. The average molecular weight is 222 g/mol. The fourth-order valence-corrected chi connectivity index (χ4v) is 4.67. The maximum absolute atomic E-state index is 12.1. The summed E-state index contributed by atoms with van der Waals surface area (Å²) in [6, 6.07) is 0. The van der Waals surface area contributed by atoms with Crippen molar-refractivity contribution in [3.05, 3.63) is 0 Å². The van der Waals surface area contributed by atoms with Crippen LogP contribution in [-0.2, 0) is 14.3 Å². The molecule has 3 saturated carbocycles. The van der Waals surface area contributed by atoms with Gasteiger partial charge in [-0.05, 0) is 37.5 Å². The largest absolute Gasteiger partial charge is 0.469 e. The van der Waals surface area contributed by atoms with Crippen molar-refractivity contribution in [3.63, 3.8) is 0 Å². The Labute approximate surface area is 95.5 Å². The summed E-state index contributed by atoms with van der Waals surface area (Å²) in [5.41, 5.74) is -0.411. The molecule has 0 amide bonds. The third-order valence-corrected chi connectivity index (χ3v) is 5.14. The van der Waals surface area contributed by atoms with Gasteiger partial charge in [0.2, 0.25) is 0 Å². The zero-order chi connectivity index (χ0) is 11.3. The zero-order valence-electron chi connectivity index (χ0n) is 9.70. The van der Waals surface area contributed by atoms with Crippen LogP contribution in [0.15, 0.2) is 0 Å². The molecule has 3 nitrogen and oxygen atoms in total. The van der Waals surface area contributed by atoms with Crippen molar-refractivity contribution >= 4 is 11.8 Å². The smallest absolute Gasteiger partial charge is 0.312 e. The summed E-state index contributed by atoms with van der Waals surface area (Å²) in [4.78, 5) is 24.1. The normalized spacial score (nSPS) is 45.6. The second-order valence-electron chi connectivity index (χ2n) is 5.53. The molecule has 0 spiro atoms. The second-order valence-corrected chi connectivity index (χ2v) is 5.53. The van der Waals surface area contributed by atoms with Gasteiger partial charge in [0.1, 0.15) is 5.78 Å².